The van der Waals surface area contributed by atoms with Crippen molar-refractivity contribution in [2.24, 2.45) is 11.8 Å². The summed E-state index contributed by atoms with van der Waals surface area (Å²) in [6.45, 7) is -0.401. The van der Waals surface area contributed by atoms with Crippen molar-refractivity contribution >= 4 is 29.3 Å². The van der Waals surface area contributed by atoms with Gasteiger partial charge in [0.25, 0.3) is 11.8 Å². The van der Waals surface area contributed by atoms with Crippen LogP contribution in [-0.2, 0) is 19.2 Å². The molecule has 4 N–H and O–H groups in total. The van der Waals surface area contributed by atoms with Crippen molar-refractivity contribution in [3.05, 3.63) is 65.7 Å². The number of benzene rings is 2. The standard InChI is InChI=1S/C29H32F5N3O7/c1-16(2)20(24(40)29(33,34)27(43)35-15-28(30,31)32)13-22(39)23(17-9-11-19(44-3)12-10-17)37-26(42)21(14-38)36-25(41)18-7-5-4-6-8-18/h4-12,16,20-21,23,38H,13-15H2,1-3H3,(H,35,43)(H,36,41)(H,37,42)/t20-,21-,23-/m0/s1. The minimum Gasteiger partial charge on any atom is -0.497 e. The third-order valence-corrected chi connectivity index (χ3v) is 6.50. The molecule has 0 fully saturated rings. The highest BCUT2D eigenvalue weighted by atomic mass is 19.4. The zero-order valence-corrected chi connectivity index (χ0v) is 23.9. The first-order valence-corrected chi connectivity index (χ1v) is 13.2. The van der Waals surface area contributed by atoms with Crippen molar-refractivity contribution in [3.63, 3.8) is 0 Å². The normalized spacial score (nSPS) is 13.8. The van der Waals surface area contributed by atoms with Gasteiger partial charge in [0.2, 0.25) is 11.7 Å². The fraction of sp³-hybridized carbons (Fsp3) is 0.414. The SMILES string of the molecule is COc1ccc([C@H](NC(=O)[C@H](CO)NC(=O)c2ccccc2)C(=O)C[C@H](C(=O)C(F)(F)C(=O)NCC(F)(F)F)C(C)C)cc1. The molecule has 0 aliphatic rings. The molecule has 10 nitrogen and oxygen atoms in total. The molecule has 3 atom stereocenters. The molecule has 2 aromatic rings. The second-order valence-electron chi connectivity index (χ2n) is 10.0. The van der Waals surface area contributed by atoms with Crippen LogP contribution in [0.25, 0.3) is 0 Å². The van der Waals surface area contributed by atoms with Crippen LogP contribution in [0.15, 0.2) is 54.6 Å². The van der Waals surface area contributed by atoms with Crippen LogP contribution in [-0.4, -0.2) is 72.8 Å². The van der Waals surface area contributed by atoms with E-state index in [1.807, 2.05) is 0 Å². The summed E-state index contributed by atoms with van der Waals surface area (Å²) in [5.41, 5.74) is 0.278. The second kappa shape index (κ2) is 15.4. The molecule has 0 aliphatic carbocycles. The summed E-state index contributed by atoms with van der Waals surface area (Å²) in [4.78, 5) is 63.8. The van der Waals surface area contributed by atoms with Crippen LogP contribution < -0.4 is 20.7 Å². The quantitative estimate of drug-likeness (QED) is 0.175. The third-order valence-electron chi connectivity index (χ3n) is 6.50. The van der Waals surface area contributed by atoms with E-state index in [0.717, 1.165) is 5.32 Å². The summed E-state index contributed by atoms with van der Waals surface area (Å²) in [5.74, 6) is -14.7. The number of methoxy groups -OCH3 is 1. The fourth-order valence-corrected chi connectivity index (χ4v) is 4.02. The number of nitrogens with one attached hydrogen (secondary N) is 3. The van der Waals surface area contributed by atoms with Gasteiger partial charge >= 0.3 is 12.1 Å². The number of aliphatic hydroxyl groups excluding tert-OH is 1. The maximum atomic E-state index is 14.7. The van der Waals surface area contributed by atoms with Gasteiger partial charge in [-0.05, 0) is 35.7 Å². The number of rotatable bonds is 15. The monoisotopic (exact) mass is 629 g/mol. The molecule has 0 saturated heterocycles. The Labute approximate surface area is 249 Å². The predicted octanol–water partition coefficient (Wildman–Crippen LogP) is 2.76. The van der Waals surface area contributed by atoms with Crippen molar-refractivity contribution in [3.8, 4) is 5.75 Å². The summed E-state index contributed by atoms with van der Waals surface area (Å²) in [6.07, 6.45) is -5.96. The zero-order valence-electron chi connectivity index (χ0n) is 23.9. The molecular formula is C29H32F5N3O7. The molecule has 0 unspecified atom stereocenters. The summed E-state index contributed by atoms with van der Waals surface area (Å²) in [6, 6.07) is 10.1. The highest BCUT2D eigenvalue weighted by Gasteiger charge is 2.52. The molecule has 240 valence electrons. The first-order valence-electron chi connectivity index (χ1n) is 13.2. The van der Waals surface area contributed by atoms with E-state index in [-0.39, 0.29) is 11.1 Å². The van der Waals surface area contributed by atoms with Crippen LogP contribution in [0, 0.1) is 11.8 Å². The Kier molecular flexibility index (Phi) is 12.5. The van der Waals surface area contributed by atoms with E-state index in [1.165, 1.54) is 57.4 Å². The maximum Gasteiger partial charge on any atom is 0.405 e. The average molecular weight is 630 g/mol. The Hall–Kier alpha value is -4.40. The molecule has 0 bridgehead atoms. The number of carbonyl (C=O) groups is 5. The van der Waals surface area contributed by atoms with Crippen LogP contribution >= 0.6 is 0 Å². The maximum absolute atomic E-state index is 14.7. The van der Waals surface area contributed by atoms with Gasteiger partial charge < -0.3 is 25.8 Å². The molecule has 0 spiro atoms. The zero-order chi connectivity index (χ0) is 33.2. The first kappa shape index (κ1) is 35.8. The molecule has 3 amide bonds. The number of aliphatic hydroxyl groups is 1. The first-order chi connectivity index (χ1) is 20.5. The van der Waals surface area contributed by atoms with Crippen LogP contribution in [0.5, 0.6) is 5.75 Å². The number of amides is 3. The molecule has 0 saturated carbocycles. The van der Waals surface area contributed by atoms with Gasteiger partial charge in [-0.2, -0.15) is 22.0 Å². The van der Waals surface area contributed by atoms with Gasteiger partial charge in [0.15, 0.2) is 5.78 Å². The summed E-state index contributed by atoms with van der Waals surface area (Å²) in [7, 11) is 1.37. The highest BCUT2D eigenvalue weighted by molar-refractivity contribution is 6.09. The Morgan fingerprint density at radius 2 is 1.48 bits per heavy atom. The Morgan fingerprint density at radius 1 is 0.886 bits per heavy atom. The van der Waals surface area contributed by atoms with E-state index in [0.29, 0.717) is 5.75 Å². The summed E-state index contributed by atoms with van der Waals surface area (Å²) >= 11 is 0. The lowest BCUT2D eigenvalue weighted by Gasteiger charge is -2.27. The molecule has 0 aromatic heterocycles. The summed E-state index contributed by atoms with van der Waals surface area (Å²) < 4.78 is 71.7. The Bertz CT molecular complexity index is 1320. The molecule has 2 rings (SSSR count). The van der Waals surface area contributed by atoms with Gasteiger partial charge in [0, 0.05) is 17.9 Å². The van der Waals surface area contributed by atoms with Crippen LogP contribution in [0.1, 0.15) is 42.2 Å². The highest BCUT2D eigenvalue weighted by Crippen LogP contribution is 2.30. The molecule has 0 heterocycles. The smallest absolute Gasteiger partial charge is 0.405 e. The molecule has 15 heteroatoms. The lowest BCUT2D eigenvalue weighted by molar-refractivity contribution is -0.167. The number of hydrogen-bond acceptors (Lipinski definition) is 7. The molecule has 0 aliphatic heterocycles. The van der Waals surface area contributed by atoms with E-state index in [2.05, 4.69) is 10.6 Å². The fourth-order valence-electron chi connectivity index (χ4n) is 4.02. The Balaban J connectivity index is 2.34. The van der Waals surface area contributed by atoms with Crippen LogP contribution in [0.2, 0.25) is 0 Å². The van der Waals surface area contributed by atoms with Gasteiger partial charge in [-0.1, -0.05) is 44.2 Å². The number of halogens is 5. The largest absolute Gasteiger partial charge is 0.497 e. The number of ether oxygens (including phenoxy) is 1. The number of Topliss-reactive ketones (excluding diaryl/α,β-unsaturated/α-hetero) is 2. The number of alkyl halides is 5. The Morgan fingerprint density at radius 3 is 1.98 bits per heavy atom. The lowest BCUT2D eigenvalue weighted by Crippen LogP contribution is -2.52. The van der Waals surface area contributed by atoms with Crippen molar-refractivity contribution in [1.82, 2.24) is 16.0 Å². The van der Waals surface area contributed by atoms with Gasteiger partial charge in [-0.3, -0.25) is 24.0 Å². The minimum absolute atomic E-state index is 0.111. The topological polar surface area (TPSA) is 151 Å². The third kappa shape index (κ3) is 9.82. The lowest BCUT2D eigenvalue weighted by atomic mass is 9.82. The minimum atomic E-state index is -5.01. The number of ketones is 2. The van der Waals surface area contributed by atoms with E-state index in [4.69, 9.17) is 4.74 Å². The van der Waals surface area contributed by atoms with E-state index in [9.17, 15) is 51.0 Å². The van der Waals surface area contributed by atoms with Crippen LogP contribution in [0.4, 0.5) is 22.0 Å². The van der Waals surface area contributed by atoms with Crippen LogP contribution in [0.3, 0.4) is 0 Å². The van der Waals surface area contributed by atoms with Gasteiger partial charge in [-0.25, -0.2) is 0 Å². The van der Waals surface area contributed by atoms with Crippen molar-refractivity contribution in [2.75, 3.05) is 20.3 Å². The van der Waals surface area contributed by atoms with Gasteiger partial charge in [-0.15, -0.1) is 0 Å². The predicted molar refractivity (Wildman–Crippen MR) is 146 cm³/mol. The summed E-state index contributed by atoms with van der Waals surface area (Å²) in [5, 5.41) is 15.4. The molecule has 2 aromatic carbocycles. The number of carbonyl (C=O) groups excluding carboxylic acids is 5. The molecular weight excluding hydrogens is 597 g/mol. The van der Waals surface area contributed by atoms with Crippen molar-refractivity contribution < 1.29 is 55.8 Å². The molecule has 44 heavy (non-hydrogen) atoms. The molecule has 0 radical (unpaired) electrons. The van der Waals surface area contributed by atoms with Crippen molar-refractivity contribution in [1.29, 1.82) is 0 Å². The van der Waals surface area contributed by atoms with Gasteiger partial charge in [0.1, 0.15) is 24.4 Å². The number of hydrogen-bond donors (Lipinski definition) is 4. The van der Waals surface area contributed by atoms with Gasteiger partial charge in [0.05, 0.1) is 13.7 Å². The van der Waals surface area contributed by atoms with E-state index >= 15 is 0 Å². The van der Waals surface area contributed by atoms with Crippen molar-refractivity contribution in [2.45, 2.75) is 44.5 Å². The second-order valence-corrected chi connectivity index (χ2v) is 10.0. The van der Waals surface area contributed by atoms with E-state index in [1.54, 1.807) is 18.2 Å². The van der Waals surface area contributed by atoms with E-state index < -0.39 is 84.9 Å². The average Bonchev–Trinajstić information content (AvgIpc) is 2.99.